The van der Waals surface area contributed by atoms with Crippen LogP contribution >= 0.6 is 0 Å². The van der Waals surface area contributed by atoms with Crippen LogP contribution in [0.2, 0.25) is 0 Å². The average Bonchev–Trinajstić information content (AvgIpc) is 3.20. The molecule has 0 aliphatic rings. The first-order valence-corrected chi connectivity index (χ1v) is 8.17. The van der Waals surface area contributed by atoms with Crippen molar-refractivity contribution in [2.75, 3.05) is 5.32 Å². The number of benzene rings is 2. The summed E-state index contributed by atoms with van der Waals surface area (Å²) in [5.74, 6) is 0.990. The molecule has 1 N–H and O–H groups in total. The molecule has 0 aliphatic carbocycles. The zero-order valence-electron chi connectivity index (χ0n) is 14.1. The normalized spacial score (nSPS) is 10.4. The van der Waals surface area contributed by atoms with E-state index in [4.69, 9.17) is 9.26 Å². The maximum Gasteiger partial charge on any atom is 0.277 e. The number of anilines is 1. The van der Waals surface area contributed by atoms with Gasteiger partial charge in [0.15, 0.2) is 11.5 Å². The molecule has 0 atom stereocenters. The predicted molar refractivity (Wildman–Crippen MR) is 98.4 cm³/mol. The number of para-hydroxylation sites is 1. The highest BCUT2D eigenvalue weighted by Gasteiger charge is 2.14. The summed E-state index contributed by atoms with van der Waals surface area (Å²) in [5.41, 5.74) is 1.44. The molecule has 0 fully saturated rings. The lowest BCUT2D eigenvalue weighted by molar-refractivity contribution is 0.101. The molecule has 0 saturated carbocycles. The van der Waals surface area contributed by atoms with Crippen molar-refractivity contribution >= 4 is 11.6 Å². The van der Waals surface area contributed by atoms with E-state index in [1.807, 2.05) is 48.5 Å². The predicted octanol–water partition coefficient (Wildman–Crippen LogP) is 4.18. The summed E-state index contributed by atoms with van der Waals surface area (Å²) in [5, 5.41) is 14.3. The fourth-order valence-corrected chi connectivity index (χ4v) is 2.39. The van der Waals surface area contributed by atoms with Gasteiger partial charge in [-0.25, -0.2) is 0 Å². The largest absolute Gasteiger partial charge is 0.437 e. The van der Waals surface area contributed by atoms with E-state index >= 15 is 0 Å². The minimum Gasteiger partial charge on any atom is -0.437 e. The van der Waals surface area contributed by atoms with Crippen LogP contribution < -0.4 is 10.1 Å². The lowest BCUT2D eigenvalue weighted by Gasteiger charge is -2.06. The molecule has 0 bridgehead atoms. The van der Waals surface area contributed by atoms with Gasteiger partial charge in [0, 0.05) is 17.7 Å². The molecule has 2 heterocycles. The number of rotatable bonds is 5. The smallest absolute Gasteiger partial charge is 0.277 e. The number of nitrogens with one attached hydrogen (secondary N) is 1. The van der Waals surface area contributed by atoms with E-state index in [9.17, 15) is 4.79 Å². The van der Waals surface area contributed by atoms with Crippen molar-refractivity contribution in [1.29, 1.82) is 0 Å². The molecule has 4 aromatic rings. The van der Waals surface area contributed by atoms with Gasteiger partial charge in [0.1, 0.15) is 5.75 Å². The molecule has 0 radical (unpaired) electrons. The molecular weight excluding hydrogens is 344 g/mol. The van der Waals surface area contributed by atoms with Crippen LogP contribution in [0.3, 0.4) is 0 Å². The topological polar surface area (TPSA) is 90.1 Å². The van der Waals surface area contributed by atoms with Crippen molar-refractivity contribution in [1.82, 2.24) is 15.4 Å². The molecule has 27 heavy (non-hydrogen) atoms. The molecule has 2 aromatic carbocycles. The Hall–Kier alpha value is -4.00. The van der Waals surface area contributed by atoms with Crippen molar-refractivity contribution < 1.29 is 14.1 Å². The van der Waals surface area contributed by atoms with Gasteiger partial charge >= 0.3 is 0 Å². The van der Waals surface area contributed by atoms with Crippen molar-refractivity contribution in [2.24, 2.45) is 0 Å². The molecule has 4 rings (SSSR count). The lowest BCUT2D eigenvalue weighted by Crippen LogP contribution is -2.12. The molecule has 132 valence electrons. The highest BCUT2D eigenvalue weighted by Crippen LogP contribution is 2.22. The summed E-state index contributed by atoms with van der Waals surface area (Å²) in [6, 6.07) is 21.8. The third-order valence-electron chi connectivity index (χ3n) is 3.66. The fraction of sp³-hybridized carbons (Fsp3) is 0. The van der Waals surface area contributed by atoms with Gasteiger partial charge in [0.05, 0.1) is 11.9 Å². The van der Waals surface area contributed by atoms with Crippen LogP contribution in [0.25, 0.3) is 11.3 Å². The second-order valence-electron chi connectivity index (χ2n) is 5.59. The second kappa shape index (κ2) is 7.49. The van der Waals surface area contributed by atoms with Gasteiger partial charge in [-0.2, -0.15) is 5.10 Å². The van der Waals surface area contributed by atoms with Crippen LogP contribution in [0.15, 0.2) is 83.5 Å². The van der Waals surface area contributed by atoms with Crippen LogP contribution in [0.1, 0.15) is 10.5 Å². The highest BCUT2D eigenvalue weighted by molar-refractivity contribution is 6.03. The van der Waals surface area contributed by atoms with Crippen molar-refractivity contribution in [2.45, 2.75) is 0 Å². The lowest BCUT2D eigenvalue weighted by atomic mass is 10.1. The monoisotopic (exact) mass is 358 g/mol. The SMILES string of the molecule is O=C(Nc1cnnc(Oc2ccccc2)c1)c1cc(-c2ccccc2)on1. The quantitative estimate of drug-likeness (QED) is 0.576. The van der Waals surface area contributed by atoms with Crippen LogP contribution in [-0.2, 0) is 0 Å². The van der Waals surface area contributed by atoms with E-state index in [1.54, 1.807) is 24.3 Å². The number of carbonyl (C=O) groups excluding carboxylic acids is 1. The number of nitrogens with zero attached hydrogens (tertiary/aromatic N) is 3. The van der Waals surface area contributed by atoms with Crippen LogP contribution in [0.5, 0.6) is 11.6 Å². The summed E-state index contributed by atoms with van der Waals surface area (Å²) in [4.78, 5) is 12.4. The number of aromatic nitrogens is 3. The minimum absolute atomic E-state index is 0.163. The third kappa shape index (κ3) is 3.98. The maximum absolute atomic E-state index is 12.4. The second-order valence-corrected chi connectivity index (χ2v) is 5.59. The molecule has 0 saturated heterocycles. The summed E-state index contributed by atoms with van der Waals surface area (Å²) >= 11 is 0. The Balaban J connectivity index is 1.47. The first-order valence-electron chi connectivity index (χ1n) is 8.17. The van der Waals surface area contributed by atoms with Gasteiger partial charge < -0.3 is 14.6 Å². The molecule has 0 aliphatic heterocycles. The summed E-state index contributed by atoms with van der Waals surface area (Å²) < 4.78 is 10.9. The van der Waals surface area contributed by atoms with Gasteiger partial charge in [-0.05, 0) is 12.1 Å². The van der Waals surface area contributed by atoms with Crippen molar-refractivity contribution in [3.05, 3.63) is 84.7 Å². The summed E-state index contributed by atoms with van der Waals surface area (Å²) in [6.45, 7) is 0. The average molecular weight is 358 g/mol. The third-order valence-corrected chi connectivity index (χ3v) is 3.66. The summed E-state index contributed by atoms with van der Waals surface area (Å²) in [7, 11) is 0. The summed E-state index contributed by atoms with van der Waals surface area (Å²) in [6.07, 6.45) is 1.42. The number of carbonyl (C=O) groups is 1. The molecule has 0 spiro atoms. The first kappa shape index (κ1) is 16.5. The zero-order chi connectivity index (χ0) is 18.5. The Kier molecular flexibility index (Phi) is 4.57. The Morgan fingerprint density at radius 3 is 2.48 bits per heavy atom. The molecule has 7 nitrogen and oxygen atoms in total. The van der Waals surface area contributed by atoms with E-state index in [-0.39, 0.29) is 11.6 Å². The number of hydrogen-bond donors (Lipinski definition) is 1. The van der Waals surface area contributed by atoms with E-state index < -0.39 is 5.91 Å². The Labute approximate surface area is 154 Å². The number of amides is 1. The highest BCUT2D eigenvalue weighted by atomic mass is 16.5. The maximum atomic E-state index is 12.4. The number of hydrogen-bond acceptors (Lipinski definition) is 6. The molecule has 2 aromatic heterocycles. The van der Waals surface area contributed by atoms with E-state index in [1.165, 1.54) is 6.20 Å². The molecular formula is C20H14N4O3. The Bertz CT molecular complexity index is 1050. The molecule has 7 heteroatoms. The van der Waals surface area contributed by atoms with E-state index in [0.717, 1.165) is 5.56 Å². The minimum atomic E-state index is -0.417. The van der Waals surface area contributed by atoms with Gasteiger partial charge in [-0.1, -0.05) is 53.7 Å². The van der Waals surface area contributed by atoms with Crippen LogP contribution in [0.4, 0.5) is 5.69 Å². The van der Waals surface area contributed by atoms with Crippen molar-refractivity contribution in [3.63, 3.8) is 0 Å². The van der Waals surface area contributed by atoms with Gasteiger partial charge in [0.2, 0.25) is 5.88 Å². The van der Waals surface area contributed by atoms with Crippen molar-refractivity contribution in [3.8, 4) is 23.0 Å². The zero-order valence-corrected chi connectivity index (χ0v) is 14.1. The fourth-order valence-electron chi connectivity index (χ4n) is 2.39. The standard InChI is InChI=1S/C20H14N4O3/c25-20(17-12-18(27-24-17)14-7-3-1-4-8-14)22-15-11-19(23-21-13-15)26-16-9-5-2-6-10-16/h1-13H,(H,22,23,25). The van der Waals surface area contributed by atoms with E-state index in [2.05, 4.69) is 20.7 Å². The first-order chi connectivity index (χ1) is 13.3. The van der Waals surface area contributed by atoms with Crippen LogP contribution in [-0.4, -0.2) is 21.3 Å². The molecule has 1 amide bonds. The Morgan fingerprint density at radius 1 is 0.963 bits per heavy atom. The number of ether oxygens (including phenoxy) is 1. The molecule has 0 unspecified atom stereocenters. The Morgan fingerprint density at radius 2 is 1.70 bits per heavy atom. The van der Waals surface area contributed by atoms with Crippen LogP contribution in [0, 0.1) is 0 Å². The van der Waals surface area contributed by atoms with Gasteiger partial charge in [-0.3, -0.25) is 4.79 Å². The van der Waals surface area contributed by atoms with E-state index in [0.29, 0.717) is 17.2 Å². The van der Waals surface area contributed by atoms with Gasteiger partial charge in [0.25, 0.3) is 5.91 Å². The van der Waals surface area contributed by atoms with Gasteiger partial charge in [-0.15, -0.1) is 5.10 Å².